The average Bonchev–Trinajstić information content (AvgIpc) is 3.11. The second-order valence-corrected chi connectivity index (χ2v) is 6.35. The first kappa shape index (κ1) is 18.6. The van der Waals surface area contributed by atoms with Gasteiger partial charge in [-0.1, -0.05) is 0 Å². The fourth-order valence-corrected chi connectivity index (χ4v) is 3.04. The third-order valence-corrected chi connectivity index (χ3v) is 4.53. The SMILES string of the molecule is COc1ccc(C(C)=O)cc1COC(=O)c1ccc(N2CCCC2=O)cc1. The molecule has 1 amide bonds. The number of esters is 1. The third-order valence-electron chi connectivity index (χ3n) is 4.53. The molecule has 6 nitrogen and oxygen atoms in total. The van der Waals surface area contributed by atoms with Crippen LogP contribution in [0, 0.1) is 0 Å². The van der Waals surface area contributed by atoms with Gasteiger partial charge in [0.15, 0.2) is 5.78 Å². The van der Waals surface area contributed by atoms with Crippen LogP contribution < -0.4 is 9.64 Å². The number of carbonyl (C=O) groups is 3. The van der Waals surface area contributed by atoms with Gasteiger partial charge in [-0.15, -0.1) is 0 Å². The fourth-order valence-electron chi connectivity index (χ4n) is 3.04. The van der Waals surface area contributed by atoms with Crippen molar-refractivity contribution in [2.75, 3.05) is 18.6 Å². The van der Waals surface area contributed by atoms with E-state index in [1.807, 2.05) is 0 Å². The molecule has 140 valence electrons. The first-order valence-corrected chi connectivity index (χ1v) is 8.75. The van der Waals surface area contributed by atoms with Gasteiger partial charge in [-0.05, 0) is 55.8 Å². The molecule has 0 aliphatic carbocycles. The molecule has 0 unspecified atom stereocenters. The third kappa shape index (κ3) is 4.16. The highest BCUT2D eigenvalue weighted by molar-refractivity contribution is 5.96. The van der Waals surface area contributed by atoms with Crippen LogP contribution >= 0.6 is 0 Å². The molecule has 1 aliphatic heterocycles. The number of nitrogens with zero attached hydrogens (tertiary/aromatic N) is 1. The lowest BCUT2D eigenvalue weighted by molar-refractivity contribution is -0.117. The standard InChI is InChI=1S/C21H21NO5/c1-14(23)16-7-10-19(26-2)17(12-16)13-27-21(25)15-5-8-18(9-6-15)22-11-3-4-20(22)24/h5-10,12H,3-4,11,13H2,1-2H3. The summed E-state index contributed by atoms with van der Waals surface area (Å²) in [5, 5.41) is 0. The largest absolute Gasteiger partial charge is 0.496 e. The Kier molecular flexibility index (Phi) is 5.54. The summed E-state index contributed by atoms with van der Waals surface area (Å²) < 4.78 is 10.6. The summed E-state index contributed by atoms with van der Waals surface area (Å²) in [6.45, 7) is 2.18. The number of rotatable bonds is 6. The first-order chi connectivity index (χ1) is 13.0. The number of hydrogen-bond acceptors (Lipinski definition) is 5. The topological polar surface area (TPSA) is 72.9 Å². The lowest BCUT2D eigenvalue weighted by Crippen LogP contribution is -2.23. The van der Waals surface area contributed by atoms with Gasteiger partial charge in [0.2, 0.25) is 5.91 Å². The minimum Gasteiger partial charge on any atom is -0.496 e. The van der Waals surface area contributed by atoms with Gasteiger partial charge >= 0.3 is 5.97 Å². The molecule has 0 spiro atoms. The number of Topliss-reactive ketones (excluding diaryl/α,β-unsaturated/α-hetero) is 1. The lowest BCUT2D eigenvalue weighted by atomic mass is 10.1. The van der Waals surface area contributed by atoms with Gasteiger partial charge in [-0.25, -0.2) is 4.79 Å². The maximum Gasteiger partial charge on any atom is 0.338 e. The minimum absolute atomic E-state index is 0.00448. The Morgan fingerprint density at radius 1 is 1.07 bits per heavy atom. The number of carbonyl (C=O) groups excluding carboxylic acids is 3. The normalized spacial score (nSPS) is 13.6. The molecule has 1 fully saturated rings. The zero-order valence-corrected chi connectivity index (χ0v) is 15.4. The van der Waals surface area contributed by atoms with Gasteiger partial charge in [0.05, 0.1) is 12.7 Å². The van der Waals surface area contributed by atoms with Gasteiger partial charge in [0, 0.05) is 29.8 Å². The average molecular weight is 367 g/mol. The summed E-state index contributed by atoms with van der Waals surface area (Å²) in [6, 6.07) is 11.8. The quantitative estimate of drug-likeness (QED) is 0.578. The Balaban J connectivity index is 1.68. The van der Waals surface area contributed by atoms with Crippen molar-refractivity contribution in [2.24, 2.45) is 0 Å². The van der Waals surface area contributed by atoms with Gasteiger partial charge in [-0.3, -0.25) is 9.59 Å². The number of methoxy groups -OCH3 is 1. The van der Waals surface area contributed by atoms with Gasteiger partial charge < -0.3 is 14.4 Å². The Morgan fingerprint density at radius 2 is 1.78 bits per heavy atom. The van der Waals surface area contributed by atoms with E-state index in [4.69, 9.17) is 9.47 Å². The summed E-state index contributed by atoms with van der Waals surface area (Å²) in [5.74, 6) is 0.0975. The predicted molar refractivity (Wildman–Crippen MR) is 100 cm³/mol. The van der Waals surface area contributed by atoms with E-state index in [1.54, 1.807) is 47.4 Å². The summed E-state index contributed by atoms with van der Waals surface area (Å²) in [5.41, 5.74) is 2.33. The highest BCUT2D eigenvalue weighted by Crippen LogP contribution is 2.23. The van der Waals surface area contributed by atoms with E-state index >= 15 is 0 Å². The van der Waals surface area contributed by atoms with Crippen LogP contribution in [0.2, 0.25) is 0 Å². The minimum atomic E-state index is -0.482. The molecule has 1 aliphatic rings. The molecule has 0 saturated carbocycles. The van der Waals surface area contributed by atoms with E-state index in [0.29, 0.717) is 35.4 Å². The Hall–Kier alpha value is -3.15. The summed E-state index contributed by atoms with van der Waals surface area (Å²) in [6.07, 6.45) is 1.41. The fraction of sp³-hybridized carbons (Fsp3) is 0.286. The van der Waals surface area contributed by atoms with E-state index in [9.17, 15) is 14.4 Å². The molecular weight excluding hydrogens is 346 g/mol. The molecule has 0 N–H and O–H groups in total. The van der Waals surface area contributed by atoms with Crippen LogP contribution in [0.25, 0.3) is 0 Å². The van der Waals surface area contributed by atoms with Crippen LogP contribution in [-0.4, -0.2) is 31.3 Å². The summed E-state index contributed by atoms with van der Waals surface area (Å²) >= 11 is 0. The maximum absolute atomic E-state index is 12.3. The zero-order chi connectivity index (χ0) is 19.4. The van der Waals surface area contributed by atoms with Gasteiger partial charge in [-0.2, -0.15) is 0 Å². The number of amides is 1. The van der Waals surface area contributed by atoms with E-state index in [2.05, 4.69) is 0 Å². The predicted octanol–water partition coefficient (Wildman–Crippen LogP) is 3.38. The first-order valence-electron chi connectivity index (χ1n) is 8.75. The molecule has 0 bridgehead atoms. The molecule has 1 saturated heterocycles. The van der Waals surface area contributed by atoms with E-state index in [-0.39, 0.29) is 18.3 Å². The molecule has 27 heavy (non-hydrogen) atoms. The van der Waals surface area contributed by atoms with Crippen LogP contribution in [0.15, 0.2) is 42.5 Å². The van der Waals surface area contributed by atoms with Crippen molar-refractivity contribution in [3.8, 4) is 5.75 Å². The van der Waals surface area contributed by atoms with E-state index < -0.39 is 5.97 Å². The highest BCUT2D eigenvalue weighted by atomic mass is 16.5. The molecular formula is C21H21NO5. The number of anilines is 1. The van der Waals surface area contributed by atoms with Crippen molar-refractivity contribution < 1.29 is 23.9 Å². The van der Waals surface area contributed by atoms with Crippen molar-refractivity contribution in [3.05, 3.63) is 59.2 Å². The van der Waals surface area contributed by atoms with Crippen molar-refractivity contribution in [1.82, 2.24) is 0 Å². The number of hydrogen-bond donors (Lipinski definition) is 0. The van der Waals surface area contributed by atoms with E-state index in [1.165, 1.54) is 14.0 Å². The number of ether oxygens (including phenoxy) is 2. The van der Waals surface area contributed by atoms with E-state index in [0.717, 1.165) is 12.1 Å². The second-order valence-electron chi connectivity index (χ2n) is 6.35. The van der Waals surface area contributed by atoms with Crippen LogP contribution in [0.1, 0.15) is 46.0 Å². The highest BCUT2D eigenvalue weighted by Gasteiger charge is 2.21. The Morgan fingerprint density at radius 3 is 2.37 bits per heavy atom. The van der Waals surface area contributed by atoms with Crippen molar-refractivity contribution in [1.29, 1.82) is 0 Å². The number of ketones is 1. The Bertz CT molecular complexity index is 873. The van der Waals surface area contributed by atoms with Crippen LogP contribution in [0.3, 0.4) is 0 Å². The van der Waals surface area contributed by atoms with Crippen LogP contribution in [-0.2, 0) is 16.1 Å². The van der Waals surface area contributed by atoms with Crippen molar-refractivity contribution in [2.45, 2.75) is 26.4 Å². The summed E-state index contributed by atoms with van der Waals surface area (Å²) in [7, 11) is 1.52. The molecule has 2 aromatic carbocycles. The lowest BCUT2D eigenvalue weighted by Gasteiger charge is -2.16. The molecule has 1 heterocycles. The molecule has 0 radical (unpaired) electrons. The monoisotopic (exact) mass is 367 g/mol. The second kappa shape index (κ2) is 8.03. The van der Waals surface area contributed by atoms with Gasteiger partial charge in [0.1, 0.15) is 12.4 Å². The molecule has 0 aromatic heterocycles. The number of benzene rings is 2. The molecule has 3 rings (SSSR count). The van der Waals surface area contributed by atoms with Crippen molar-refractivity contribution >= 4 is 23.3 Å². The summed E-state index contributed by atoms with van der Waals surface area (Å²) in [4.78, 5) is 37.4. The zero-order valence-electron chi connectivity index (χ0n) is 15.4. The molecule has 0 atom stereocenters. The molecule has 2 aromatic rings. The molecule has 6 heteroatoms. The smallest absolute Gasteiger partial charge is 0.338 e. The Labute approximate surface area is 157 Å². The van der Waals surface area contributed by atoms with Crippen molar-refractivity contribution in [3.63, 3.8) is 0 Å². The maximum atomic E-state index is 12.3. The van der Waals surface area contributed by atoms with Crippen LogP contribution in [0.5, 0.6) is 5.75 Å². The van der Waals surface area contributed by atoms with Gasteiger partial charge in [0.25, 0.3) is 0 Å². The van der Waals surface area contributed by atoms with Crippen LogP contribution in [0.4, 0.5) is 5.69 Å².